The number of benzene rings is 2. The van der Waals surface area contributed by atoms with Gasteiger partial charge in [0.2, 0.25) is 5.95 Å². The van der Waals surface area contributed by atoms with Gasteiger partial charge in [-0.25, -0.2) is 4.98 Å². The number of nitrogens with zero attached hydrogens (tertiary/aromatic N) is 2. The van der Waals surface area contributed by atoms with Gasteiger partial charge in [-0.15, -0.1) is 0 Å². The molecule has 5 heteroatoms. The molecule has 4 nitrogen and oxygen atoms in total. The van der Waals surface area contributed by atoms with Crippen molar-refractivity contribution >= 4 is 23.4 Å². The summed E-state index contributed by atoms with van der Waals surface area (Å²) in [5.41, 5.74) is 3.60. The van der Waals surface area contributed by atoms with Gasteiger partial charge in [-0.2, -0.15) is 4.98 Å². The lowest BCUT2D eigenvalue weighted by Gasteiger charge is -2.09. The fourth-order valence-corrected chi connectivity index (χ4v) is 2.35. The van der Waals surface area contributed by atoms with E-state index >= 15 is 0 Å². The minimum Gasteiger partial charge on any atom is -0.366 e. The van der Waals surface area contributed by atoms with Gasteiger partial charge in [0.25, 0.3) is 0 Å². The Kier molecular flexibility index (Phi) is 5.29. The largest absolute Gasteiger partial charge is 0.366 e. The van der Waals surface area contributed by atoms with Gasteiger partial charge in [0.1, 0.15) is 5.82 Å². The monoisotopic (exact) mass is 338 g/mol. The van der Waals surface area contributed by atoms with Crippen molar-refractivity contribution in [2.24, 2.45) is 0 Å². The molecule has 1 aromatic heterocycles. The first kappa shape index (κ1) is 16.3. The Morgan fingerprint density at radius 3 is 2.17 bits per heavy atom. The van der Waals surface area contributed by atoms with E-state index in [0.717, 1.165) is 16.4 Å². The molecule has 0 saturated heterocycles. The highest BCUT2D eigenvalue weighted by Gasteiger charge is 2.00. The van der Waals surface area contributed by atoms with Gasteiger partial charge in [0, 0.05) is 24.3 Å². The van der Waals surface area contributed by atoms with E-state index in [1.54, 1.807) is 6.20 Å². The molecular formula is C19H19ClN4. The third kappa shape index (κ3) is 4.70. The number of halogens is 1. The van der Waals surface area contributed by atoms with Crippen molar-refractivity contribution in [1.29, 1.82) is 0 Å². The number of anilines is 2. The molecule has 0 saturated carbocycles. The second kappa shape index (κ2) is 7.79. The van der Waals surface area contributed by atoms with Crippen LogP contribution in [0.2, 0.25) is 5.02 Å². The lowest BCUT2D eigenvalue weighted by molar-refractivity contribution is 1.03. The summed E-state index contributed by atoms with van der Waals surface area (Å²) in [4.78, 5) is 8.74. The van der Waals surface area contributed by atoms with E-state index in [9.17, 15) is 0 Å². The van der Waals surface area contributed by atoms with Crippen LogP contribution in [0.3, 0.4) is 0 Å². The number of hydrogen-bond acceptors (Lipinski definition) is 4. The Balaban J connectivity index is 1.57. The van der Waals surface area contributed by atoms with Gasteiger partial charge in [-0.05, 0) is 36.2 Å². The van der Waals surface area contributed by atoms with Crippen LogP contribution in [0.25, 0.3) is 0 Å². The van der Waals surface area contributed by atoms with Crippen LogP contribution in [0.1, 0.15) is 16.7 Å². The van der Waals surface area contributed by atoms with Crippen molar-refractivity contribution in [2.75, 3.05) is 10.6 Å². The number of hydrogen-bond donors (Lipinski definition) is 2. The third-order valence-electron chi connectivity index (χ3n) is 3.61. The van der Waals surface area contributed by atoms with E-state index in [0.29, 0.717) is 19.0 Å². The van der Waals surface area contributed by atoms with Crippen LogP contribution in [-0.4, -0.2) is 9.97 Å². The number of nitrogens with one attached hydrogen (secondary N) is 2. The zero-order valence-electron chi connectivity index (χ0n) is 13.5. The topological polar surface area (TPSA) is 49.8 Å². The van der Waals surface area contributed by atoms with E-state index in [4.69, 9.17) is 11.6 Å². The zero-order valence-corrected chi connectivity index (χ0v) is 14.2. The number of aryl methyl sites for hydroxylation is 1. The van der Waals surface area contributed by atoms with Gasteiger partial charge in [-0.1, -0.05) is 53.6 Å². The van der Waals surface area contributed by atoms with E-state index in [1.807, 2.05) is 30.3 Å². The predicted octanol–water partition coefficient (Wildman–Crippen LogP) is 4.66. The van der Waals surface area contributed by atoms with Gasteiger partial charge < -0.3 is 10.6 Å². The van der Waals surface area contributed by atoms with Gasteiger partial charge in [-0.3, -0.25) is 0 Å². The summed E-state index contributed by atoms with van der Waals surface area (Å²) in [6.45, 7) is 3.46. The Labute approximate surface area is 146 Å². The van der Waals surface area contributed by atoms with E-state index in [2.05, 4.69) is 51.8 Å². The molecule has 122 valence electrons. The van der Waals surface area contributed by atoms with E-state index in [-0.39, 0.29) is 0 Å². The molecule has 0 atom stereocenters. The maximum absolute atomic E-state index is 5.89. The standard InChI is InChI=1S/C19H19ClN4/c1-14-2-4-15(5-3-14)13-23-19-21-11-10-18(24-19)22-12-16-6-8-17(20)9-7-16/h2-11H,12-13H2,1H3,(H2,21,22,23,24). The molecule has 2 aromatic carbocycles. The number of aromatic nitrogens is 2. The molecular weight excluding hydrogens is 320 g/mol. The highest BCUT2D eigenvalue weighted by Crippen LogP contribution is 2.12. The molecule has 3 rings (SSSR count). The van der Waals surface area contributed by atoms with Crippen molar-refractivity contribution < 1.29 is 0 Å². The molecule has 3 aromatic rings. The van der Waals surface area contributed by atoms with Gasteiger partial charge >= 0.3 is 0 Å². The zero-order chi connectivity index (χ0) is 16.8. The molecule has 0 spiro atoms. The van der Waals surface area contributed by atoms with Crippen molar-refractivity contribution in [3.63, 3.8) is 0 Å². The predicted molar refractivity (Wildman–Crippen MR) is 99.3 cm³/mol. The summed E-state index contributed by atoms with van der Waals surface area (Å²) in [5.74, 6) is 1.39. The molecule has 2 N–H and O–H groups in total. The Hall–Kier alpha value is -2.59. The highest BCUT2D eigenvalue weighted by atomic mass is 35.5. The Morgan fingerprint density at radius 2 is 1.46 bits per heavy atom. The highest BCUT2D eigenvalue weighted by molar-refractivity contribution is 6.30. The average molecular weight is 339 g/mol. The molecule has 0 aliphatic heterocycles. The molecule has 0 amide bonds. The van der Waals surface area contributed by atoms with Crippen LogP contribution in [0.5, 0.6) is 0 Å². The fraction of sp³-hybridized carbons (Fsp3) is 0.158. The molecule has 0 radical (unpaired) electrons. The van der Waals surface area contributed by atoms with Gasteiger partial charge in [0.15, 0.2) is 0 Å². The first-order chi connectivity index (χ1) is 11.7. The SMILES string of the molecule is Cc1ccc(CNc2nccc(NCc3ccc(Cl)cc3)n2)cc1. The van der Waals surface area contributed by atoms with Gasteiger partial charge in [0.05, 0.1) is 0 Å². The van der Waals surface area contributed by atoms with Crippen molar-refractivity contribution in [3.8, 4) is 0 Å². The van der Waals surface area contributed by atoms with E-state index < -0.39 is 0 Å². The van der Waals surface area contributed by atoms with Crippen LogP contribution in [-0.2, 0) is 13.1 Å². The van der Waals surface area contributed by atoms with Crippen LogP contribution >= 0.6 is 11.6 Å². The summed E-state index contributed by atoms with van der Waals surface area (Å²) in [7, 11) is 0. The molecule has 24 heavy (non-hydrogen) atoms. The second-order valence-corrected chi connectivity index (χ2v) is 6.02. The average Bonchev–Trinajstić information content (AvgIpc) is 2.61. The summed E-state index contributed by atoms with van der Waals surface area (Å²) < 4.78 is 0. The second-order valence-electron chi connectivity index (χ2n) is 5.58. The first-order valence-electron chi connectivity index (χ1n) is 7.80. The summed E-state index contributed by atoms with van der Waals surface area (Å²) in [5, 5.41) is 7.28. The smallest absolute Gasteiger partial charge is 0.224 e. The van der Waals surface area contributed by atoms with Crippen LogP contribution in [0, 0.1) is 6.92 Å². The van der Waals surface area contributed by atoms with Crippen molar-refractivity contribution in [3.05, 3.63) is 82.5 Å². The third-order valence-corrected chi connectivity index (χ3v) is 3.87. The van der Waals surface area contributed by atoms with E-state index in [1.165, 1.54) is 11.1 Å². The minimum absolute atomic E-state index is 0.608. The molecule has 0 aliphatic carbocycles. The maximum Gasteiger partial charge on any atom is 0.224 e. The van der Waals surface area contributed by atoms with Crippen molar-refractivity contribution in [2.45, 2.75) is 20.0 Å². The fourth-order valence-electron chi connectivity index (χ4n) is 2.22. The maximum atomic E-state index is 5.89. The summed E-state index contributed by atoms with van der Waals surface area (Å²) >= 11 is 5.89. The lowest BCUT2D eigenvalue weighted by Crippen LogP contribution is -2.06. The molecule has 0 fully saturated rings. The molecule has 1 heterocycles. The van der Waals surface area contributed by atoms with Crippen LogP contribution < -0.4 is 10.6 Å². The first-order valence-corrected chi connectivity index (χ1v) is 8.17. The normalized spacial score (nSPS) is 10.4. The summed E-state index contributed by atoms with van der Waals surface area (Å²) in [6.07, 6.45) is 1.74. The Bertz CT molecular complexity index is 720. The van der Waals surface area contributed by atoms with Crippen molar-refractivity contribution in [1.82, 2.24) is 9.97 Å². The molecule has 0 unspecified atom stereocenters. The quantitative estimate of drug-likeness (QED) is 0.686. The number of rotatable bonds is 6. The minimum atomic E-state index is 0.608. The molecule has 0 bridgehead atoms. The lowest BCUT2D eigenvalue weighted by atomic mass is 10.1. The summed E-state index contributed by atoms with van der Waals surface area (Å²) in [6, 6.07) is 18.0. The van der Waals surface area contributed by atoms with Crippen LogP contribution in [0.4, 0.5) is 11.8 Å². The van der Waals surface area contributed by atoms with Crippen LogP contribution in [0.15, 0.2) is 60.8 Å². The molecule has 0 aliphatic rings. The Morgan fingerprint density at radius 1 is 0.833 bits per heavy atom.